The van der Waals surface area contributed by atoms with Crippen LogP contribution in [0.15, 0.2) is 30.3 Å². The van der Waals surface area contributed by atoms with Gasteiger partial charge >= 0.3 is 0 Å². The van der Waals surface area contributed by atoms with Gasteiger partial charge in [-0.3, -0.25) is 0 Å². The van der Waals surface area contributed by atoms with Crippen LogP contribution in [0.2, 0.25) is 0 Å². The van der Waals surface area contributed by atoms with Crippen LogP contribution < -0.4 is 0 Å². The molecule has 0 amide bonds. The van der Waals surface area contributed by atoms with Gasteiger partial charge in [0.2, 0.25) is 0 Å². The lowest BCUT2D eigenvalue weighted by molar-refractivity contribution is -0.00342. The lowest BCUT2D eigenvalue weighted by Gasteiger charge is -2.37. The average molecular weight is 266 g/mol. The molecule has 0 aromatic heterocycles. The molecule has 106 valence electrons. The largest absolute Gasteiger partial charge is 0.244 e. The zero-order chi connectivity index (χ0) is 13.7. The Kier molecular flexibility index (Phi) is 4.95. The number of halogens is 2. The summed E-state index contributed by atoms with van der Waals surface area (Å²) >= 11 is 0. The van der Waals surface area contributed by atoms with Gasteiger partial charge in [0.25, 0.3) is 0 Å². The van der Waals surface area contributed by atoms with Crippen molar-refractivity contribution in [2.24, 2.45) is 0 Å². The molecule has 0 nitrogen and oxygen atoms in total. The molecular weight excluding hydrogens is 242 g/mol. The molecule has 0 N–H and O–H groups in total. The van der Waals surface area contributed by atoms with E-state index in [4.69, 9.17) is 0 Å². The van der Waals surface area contributed by atoms with Gasteiger partial charge in [-0.15, -0.1) is 0 Å². The van der Waals surface area contributed by atoms with Crippen molar-refractivity contribution >= 4 is 0 Å². The van der Waals surface area contributed by atoms with E-state index in [-0.39, 0.29) is 5.92 Å². The monoisotopic (exact) mass is 266 g/mol. The first-order valence-corrected chi connectivity index (χ1v) is 7.53. The molecule has 0 bridgehead atoms. The van der Waals surface area contributed by atoms with Crippen molar-refractivity contribution in [1.29, 1.82) is 0 Å². The maximum atomic E-state index is 14.6. The summed E-state index contributed by atoms with van der Waals surface area (Å²) in [5, 5.41) is 0. The fraction of sp³-hybridized carbons (Fsp3) is 0.647. The predicted octanol–water partition coefficient (Wildman–Crippen LogP) is 5.58. The molecular formula is C17H24F2. The number of hydrogen-bond acceptors (Lipinski definition) is 0. The molecule has 2 rings (SSSR count). The Morgan fingerprint density at radius 3 is 2.58 bits per heavy atom. The van der Waals surface area contributed by atoms with Crippen LogP contribution in [0.25, 0.3) is 0 Å². The summed E-state index contributed by atoms with van der Waals surface area (Å²) in [5.74, 6) is 0.186. The molecule has 3 atom stereocenters. The van der Waals surface area contributed by atoms with Gasteiger partial charge in [-0.25, -0.2) is 8.78 Å². The first-order chi connectivity index (χ1) is 9.15. The van der Waals surface area contributed by atoms with Crippen molar-refractivity contribution in [1.82, 2.24) is 0 Å². The second kappa shape index (κ2) is 6.49. The Balaban J connectivity index is 1.94. The van der Waals surface area contributed by atoms with Crippen molar-refractivity contribution in [3.63, 3.8) is 0 Å². The van der Waals surface area contributed by atoms with Crippen LogP contribution in [0.4, 0.5) is 8.78 Å². The van der Waals surface area contributed by atoms with E-state index in [1.165, 1.54) is 0 Å². The normalized spacial score (nSPS) is 31.3. The maximum Gasteiger partial charge on any atom is 0.142 e. The molecule has 1 aromatic carbocycles. The fourth-order valence-corrected chi connectivity index (χ4v) is 3.13. The van der Waals surface area contributed by atoms with Crippen molar-refractivity contribution in [3.8, 4) is 0 Å². The highest BCUT2D eigenvalue weighted by molar-refractivity contribution is 5.21. The van der Waals surface area contributed by atoms with E-state index < -0.39 is 11.8 Å². The van der Waals surface area contributed by atoms with Gasteiger partial charge < -0.3 is 0 Å². The summed E-state index contributed by atoms with van der Waals surface area (Å²) in [6, 6.07) is 9.96. The van der Waals surface area contributed by atoms with E-state index in [0.29, 0.717) is 19.3 Å². The van der Waals surface area contributed by atoms with Crippen LogP contribution >= 0.6 is 0 Å². The lowest BCUT2D eigenvalue weighted by Crippen LogP contribution is -2.40. The van der Waals surface area contributed by atoms with Gasteiger partial charge in [0.1, 0.15) is 11.8 Å². The number of hydrogen-bond donors (Lipinski definition) is 0. The minimum absolute atomic E-state index is 0.186. The second-order valence-corrected chi connectivity index (χ2v) is 5.84. The summed E-state index contributed by atoms with van der Waals surface area (Å²) in [6.07, 6.45) is 3.44. The van der Waals surface area contributed by atoms with E-state index >= 15 is 0 Å². The summed E-state index contributed by atoms with van der Waals surface area (Å²) in [4.78, 5) is 0. The summed E-state index contributed by atoms with van der Waals surface area (Å²) in [5.41, 5.74) is -0.416. The summed E-state index contributed by atoms with van der Waals surface area (Å²) < 4.78 is 28.8. The van der Waals surface area contributed by atoms with Gasteiger partial charge in [-0.05, 0) is 37.2 Å². The number of benzene rings is 1. The fourth-order valence-electron chi connectivity index (χ4n) is 3.13. The third-order valence-corrected chi connectivity index (χ3v) is 4.43. The van der Waals surface area contributed by atoms with E-state index in [9.17, 15) is 8.78 Å². The highest BCUT2D eigenvalue weighted by Gasteiger charge is 2.44. The molecule has 1 aromatic rings. The van der Waals surface area contributed by atoms with E-state index in [2.05, 4.69) is 6.92 Å². The standard InChI is InChI=1S/C17H24F2/c1-2-3-7-11-17(19)12-10-15(13-16(17)18)14-8-5-4-6-9-14/h4-6,8-9,15-16H,2-3,7,10-13H2,1H3. The Bertz CT molecular complexity index is 376. The highest BCUT2D eigenvalue weighted by Crippen LogP contribution is 2.44. The van der Waals surface area contributed by atoms with Crippen LogP contribution in [-0.2, 0) is 0 Å². The van der Waals surface area contributed by atoms with Crippen molar-refractivity contribution in [2.45, 2.75) is 69.6 Å². The van der Waals surface area contributed by atoms with Gasteiger partial charge in [0.15, 0.2) is 0 Å². The topological polar surface area (TPSA) is 0 Å². The molecule has 1 fully saturated rings. The lowest BCUT2D eigenvalue weighted by atomic mass is 9.74. The van der Waals surface area contributed by atoms with Crippen molar-refractivity contribution in [3.05, 3.63) is 35.9 Å². The molecule has 19 heavy (non-hydrogen) atoms. The molecule has 3 unspecified atom stereocenters. The molecule has 0 radical (unpaired) electrons. The minimum atomic E-state index is -1.57. The Hall–Kier alpha value is -0.920. The Morgan fingerprint density at radius 2 is 1.95 bits per heavy atom. The number of rotatable bonds is 5. The predicted molar refractivity (Wildman–Crippen MR) is 75.9 cm³/mol. The molecule has 0 heterocycles. The van der Waals surface area contributed by atoms with Crippen LogP contribution in [-0.4, -0.2) is 11.8 Å². The van der Waals surface area contributed by atoms with Crippen molar-refractivity contribution in [2.75, 3.05) is 0 Å². The first-order valence-electron chi connectivity index (χ1n) is 7.53. The molecule has 0 saturated heterocycles. The third kappa shape index (κ3) is 3.55. The highest BCUT2D eigenvalue weighted by atomic mass is 19.2. The average Bonchev–Trinajstić information content (AvgIpc) is 2.43. The third-order valence-electron chi connectivity index (χ3n) is 4.43. The van der Waals surface area contributed by atoms with Gasteiger partial charge in [0, 0.05) is 0 Å². The quantitative estimate of drug-likeness (QED) is 0.610. The summed E-state index contributed by atoms with van der Waals surface area (Å²) in [6.45, 7) is 2.09. The van der Waals surface area contributed by atoms with Crippen LogP contribution in [0.5, 0.6) is 0 Å². The second-order valence-electron chi connectivity index (χ2n) is 5.84. The van der Waals surface area contributed by atoms with Gasteiger partial charge in [0.05, 0.1) is 0 Å². The molecule has 1 saturated carbocycles. The van der Waals surface area contributed by atoms with E-state index in [0.717, 1.165) is 31.2 Å². The van der Waals surface area contributed by atoms with Gasteiger partial charge in [-0.1, -0.05) is 56.5 Å². The molecule has 1 aliphatic carbocycles. The zero-order valence-electron chi connectivity index (χ0n) is 11.7. The molecule has 2 heteroatoms. The van der Waals surface area contributed by atoms with Crippen molar-refractivity contribution < 1.29 is 8.78 Å². The van der Waals surface area contributed by atoms with Gasteiger partial charge in [-0.2, -0.15) is 0 Å². The van der Waals surface area contributed by atoms with Crippen LogP contribution in [0, 0.1) is 0 Å². The van der Waals surface area contributed by atoms with Crippen LogP contribution in [0.3, 0.4) is 0 Å². The number of alkyl halides is 2. The Morgan fingerprint density at radius 1 is 1.21 bits per heavy atom. The number of unbranched alkanes of at least 4 members (excludes halogenated alkanes) is 2. The van der Waals surface area contributed by atoms with E-state index in [1.54, 1.807) is 0 Å². The first kappa shape index (κ1) is 14.5. The van der Waals surface area contributed by atoms with E-state index in [1.807, 2.05) is 30.3 Å². The van der Waals surface area contributed by atoms with Crippen LogP contribution in [0.1, 0.15) is 63.4 Å². The summed E-state index contributed by atoms with van der Waals surface area (Å²) in [7, 11) is 0. The molecule has 1 aliphatic rings. The minimum Gasteiger partial charge on any atom is -0.244 e. The molecule has 0 aliphatic heterocycles. The smallest absolute Gasteiger partial charge is 0.142 e. The maximum absolute atomic E-state index is 14.6. The SMILES string of the molecule is CCCCCC1(F)CCC(c2ccccc2)CC1F. The molecule has 0 spiro atoms. The zero-order valence-corrected chi connectivity index (χ0v) is 11.7. The Labute approximate surface area is 115 Å².